The molecule has 0 saturated carbocycles. The molecule has 258 valence electrons. The topological polar surface area (TPSA) is 17.3 Å². The maximum Gasteiger partial charge on any atom is 0.156 e. The fourth-order valence-corrected chi connectivity index (χ4v) is 10.7. The molecule has 0 atom stereocenters. The average Bonchev–Trinajstić information content (AvgIpc) is 3.85. The van der Waals surface area contributed by atoms with Gasteiger partial charge in [-0.3, -0.25) is 4.40 Å². The van der Waals surface area contributed by atoms with Gasteiger partial charge in [-0.25, -0.2) is 4.98 Å². The van der Waals surface area contributed by atoms with Gasteiger partial charge in [-0.1, -0.05) is 152 Å². The van der Waals surface area contributed by atoms with Crippen LogP contribution in [0.15, 0.2) is 182 Å². The minimum Gasteiger partial charge on any atom is -0.291 e. The summed E-state index contributed by atoms with van der Waals surface area (Å²) in [5.74, 6) is 0. The van der Waals surface area contributed by atoms with Crippen LogP contribution in [-0.4, -0.2) is 9.38 Å². The van der Waals surface area contributed by atoms with Crippen LogP contribution >= 0.6 is 11.3 Å². The van der Waals surface area contributed by atoms with Crippen molar-refractivity contribution in [2.24, 2.45) is 0 Å². The summed E-state index contributed by atoms with van der Waals surface area (Å²) in [5, 5.41) is 17.7. The molecule has 56 heavy (non-hydrogen) atoms. The van der Waals surface area contributed by atoms with Crippen molar-refractivity contribution in [2.45, 2.75) is 0 Å². The van der Waals surface area contributed by atoms with E-state index in [2.05, 4.69) is 186 Å². The van der Waals surface area contributed by atoms with Crippen LogP contribution in [0, 0.1) is 0 Å². The molecule has 0 bridgehead atoms. The summed E-state index contributed by atoms with van der Waals surface area (Å²) in [6.45, 7) is 0. The van der Waals surface area contributed by atoms with Crippen LogP contribution < -0.4 is 0 Å². The normalized spacial score (nSPS) is 12.3. The summed E-state index contributed by atoms with van der Waals surface area (Å²) < 4.78 is 4.94. The lowest BCUT2D eigenvalue weighted by molar-refractivity contribution is 1.25. The van der Waals surface area contributed by atoms with E-state index < -0.39 is 0 Å². The van der Waals surface area contributed by atoms with Crippen LogP contribution in [0.25, 0.3) is 124 Å². The first kappa shape index (κ1) is 30.3. The smallest absolute Gasteiger partial charge is 0.156 e. The highest BCUT2D eigenvalue weighted by molar-refractivity contribution is 7.27. The van der Waals surface area contributed by atoms with Crippen LogP contribution in [0.5, 0.6) is 0 Å². The Bertz CT molecular complexity index is 3780. The van der Waals surface area contributed by atoms with Crippen LogP contribution in [0.1, 0.15) is 0 Å². The number of rotatable bonds is 2. The molecule has 0 aliphatic heterocycles. The molecule has 0 aliphatic rings. The molecular weight excluding hydrogens is 697 g/mol. The first-order valence-electron chi connectivity index (χ1n) is 19.2. The number of pyridine rings is 1. The third kappa shape index (κ3) is 4.18. The molecule has 0 N–H and O–H groups in total. The quantitative estimate of drug-likeness (QED) is 0.128. The summed E-state index contributed by atoms with van der Waals surface area (Å²) in [6, 6.07) is 67.2. The van der Waals surface area contributed by atoms with E-state index >= 15 is 0 Å². The molecule has 0 unspecified atom stereocenters. The molecular formula is C53H30N2S. The molecule has 3 aromatic heterocycles. The molecule has 3 heteroatoms. The van der Waals surface area contributed by atoms with Crippen LogP contribution in [0.2, 0.25) is 0 Å². The number of thiophene rings is 1. The van der Waals surface area contributed by atoms with E-state index in [9.17, 15) is 0 Å². The Kier molecular flexibility index (Phi) is 6.07. The summed E-state index contributed by atoms with van der Waals surface area (Å²) in [6.07, 6.45) is 0. The van der Waals surface area contributed by atoms with Gasteiger partial charge >= 0.3 is 0 Å². The Balaban J connectivity index is 1.06. The second-order valence-electron chi connectivity index (χ2n) is 15.1. The van der Waals surface area contributed by atoms with E-state index in [1.165, 1.54) is 95.9 Å². The van der Waals surface area contributed by atoms with Crippen LogP contribution in [-0.2, 0) is 0 Å². The predicted molar refractivity (Wildman–Crippen MR) is 241 cm³/mol. The lowest BCUT2D eigenvalue weighted by atomic mass is 9.92. The van der Waals surface area contributed by atoms with Crippen molar-refractivity contribution in [3.63, 3.8) is 0 Å². The fourth-order valence-electron chi connectivity index (χ4n) is 9.44. The average molecular weight is 727 g/mol. The fraction of sp³-hybridized carbons (Fsp3) is 0. The van der Waals surface area contributed by atoms with Crippen molar-refractivity contribution in [2.75, 3.05) is 0 Å². The zero-order valence-electron chi connectivity index (χ0n) is 30.1. The maximum absolute atomic E-state index is 5.55. The summed E-state index contributed by atoms with van der Waals surface area (Å²) >= 11 is 1.87. The molecule has 0 amide bonds. The highest BCUT2D eigenvalue weighted by atomic mass is 32.1. The van der Waals surface area contributed by atoms with Gasteiger partial charge in [-0.2, -0.15) is 0 Å². The zero-order chi connectivity index (χ0) is 36.5. The van der Waals surface area contributed by atoms with Gasteiger partial charge in [0.15, 0.2) is 5.65 Å². The van der Waals surface area contributed by atoms with E-state index in [1.807, 2.05) is 11.3 Å². The summed E-state index contributed by atoms with van der Waals surface area (Å²) in [7, 11) is 0. The number of fused-ring (bicyclic) bond motifs is 18. The van der Waals surface area contributed by atoms with Gasteiger partial charge in [0, 0.05) is 20.9 Å². The van der Waals surface area contributed by atoms with Crippen molar-refractivity contribution >= 4 is 113 Å². The lowest BCUT2D eigenvalue weighted by Crippen LogP contribution is -1.93. The molecule has 2 nitrogen and oxygen atoms in total. The molecule has 13 rings (SSSR count). The zero-order valence-corrected chi connectivity index (χ0v) is 30.9. The molecule has 0 radical (unpaired) electrons. The van der Waals surface area contributed by atoms with Gasteiger partial charge in [0.1, 0.15) is 0 Å². The standard InChI is InChI=1S/C53H30N2S/c1-2-11-35-28-45-37(27-34(35)10-1)23-26-48-50(45)54-53-52-47(44-25-21-32-9-3-4-12-38(32)51(44)56-52)30-49(55(48)53)33-19-17-31(18-20-33)36-22-24-43-41-15-6-5-13-39(41)40-14-7-8-16-42(40)46(43)29-36/h1-30H. The van der Waals surface area contributed by atoms with Crippen molar-refractivity contribution < 1.29 is 0 Å². The van der Waals surface area contributed by atoms with Gasteiger partial charge in [0.05, 0.1) is 21.4 Å². The Morgan fingerprint density at radius 3 is 1.66 bits per heavy atom. The Hall–Kier alpha value is -7.07. The van der Waals surface area contributed by atoms with E-state index in [0.29, 0.717) is 0 Å². The molecule has 0 fully saturated rings. The second-order valence-corrected chi connectivity index (χ2v) is 16.1. The third-order valence-corrected chi connectivity index (χ3v) is 13.4. The van der Waals surface area contributed by atoms with E-state index in [-0.39, 0.29) is 0 Å². The summed E-state index contributed by atoms with van der Waals surface area (Å²) in [4.78, 5) is 5.55. The molecule has 10 aromatic carbocycles. The molecule has 0 spiro atoms. The second kappa shape index (κ2) is 11.2. The van der Waals surface area contributed by atoms with Crippen LogP contribution in [0.4, 0.5) is 0 Å². The number of nitrogens with zero attached hydrogens (tertiary/aromatic N) is 2. The van der Waals surface area contributed by atoms with E-state index in [0.717, 1.165) is 27.9 Å². The van der Waals surface area contributed by atoms with Crippen molar-refractivity contribution in [3.8, 4) is 22.4 Å². The largest absolute Gasteiger partial charge is 0.291 e. The molecule has 13 aromatic rings. The van der Waals surface area contributed by atoms with E-state index in [4.69, 9.17) is 4.98 Å². The Labute approximate surface area is 325 Å². The SMILES string of the molecule is c1ccc2cc3c(ccc4c3nc3c5sc6c7ccccc7ccc6c5cc(-c5ccc(-c6ccc7c8ccccc8c8ccccc8c7c6)cc5)n43)cc2c1. The Morgan fingerprint density at radius 2 is 0.911 bits per heavy atom. The van der Waals surface area contributed by atoms with Gasteiger partial charge in [-0.05, 0) is 106 Å². The monoisotopic (exact) mass is 726 g/mol. The van der Waals surface area contributed by atoms with Crippen molar-refractivity contribution in [1.82, 2.24) is 9.38 Å². The minimum absolute atomic E-state index is 1.01. The highest BCUT2D eigenvalue weighted by Gasteiger charge is 2.20. The Morgan fingerprint density at radius 1 is 0.339 bits per heavy atom. The minimum atomic E-state index is 1.01. The number of benzene rings is 10. The predicted octanol–water partition coefficient (Wildman–Crippen LogP) is 15.1. The van der Waals surface area contributed by atoms with Crippen molar-refractivity contribution in [3.05, 3.63) is 182 Å². The van der Waals surface area contributed by atoms with Gasteiger partial charge < -0.3 is 0 Å². The molecule has 3 heterocycles. The first-order chi connectivity index (χ1) is 27.7. The summed E-state index contributed by atoms with van der Waals surface area (Å²) in [5.41, 5.74) is 7.90. The van der Waals surface area contributed by atoms with E-state index in [1.54, 1.807) is 0 Å². The molecule has 0 aliphatic carbocycles. The number of imidazole rings is 1. The number of aromatic nitrogens is 2. The van der Waals surface area contributed by atoms with Gasteiger partial charge in [0.25, 0.3) is 0 Å². The van der Waals surface area contributed by atoms with Crippen molar-refractivity contribution in [1.29, 1.82) is 0 Å². The van der Waals surface area contributed by atoms with Crippen LogP contribution in [0.3, 0.4) is 0 Å². The lowest BCUT2D eigenvalue weighted by Gasteiger charge is -2.13. The van der Waals surface area contributed by atoms with Gasteiger partial charge in [-0.15, -0.1) is 11.3 Å². The third-order valence-electron chi connectivity index (χ3n) is 12.1. The first-order valence-corrected chi connectivity index (χ1v) is 20.0. The van der Waals surface area contributed by atoms with Gasteiger partial charge in [0.2, 0.25) is 0 Å². The maximum atomic E-state index is 5.55. The highest BCUT2D eigenvalue weighted by Crippen LogP contribution is 2.44. The number of hydrogen-bond donors (Lipinski definition) is 0. The molecule has 0 saturated heterocycles. The number of hydrogen-bond acceptors (Lipinski definition) is 2.